The third-order valence-corrected chi connectivity index (χ3v) is 6.25. The molecule has 0 radical (unpaired) electrons. The largest absolute Gasteiger partial charge is 0.507 e. The lowest BCUT2D eigenvalue weighted by molar-refractivity contribution is -0.132. The number of carbonyl (C=O) groups excluding carboxylic acids is 2. The van der Waals surface area contributed by atoms with Gasteiger partial charge in [-0.15, -0.1) is 0 Å². The second kappa shape index (κ2) is 9.06. The highest BCUT2D eigenvalue weighted by molar-refractivity contribution is 6.52. The van der Waals surface area contributed by atoms with Crippen molar-refractivity contribution in [3.63, 3.8) is 0 Å². The molecule has 0 spiro atoms. The highest BCUT2D eigenvalue weighted by Crippen LogP contribution is 2.43. The number of aliphatic hydroxyl groups excluding tert-OH is 1. The van der Waals surface area contributed by atoms with Crippen LogP contribution in [0.25, 0.3) is 5.76 Å². The molecule has 1 aliphatic rings. The molecule has 1 fully saturated rings. The number of hydrogen-bond acceptors (Lipinski definition) is 4. The van der Waals surface area contributed by atoms with Crippen molar-refractivity contribution in [2.75, 3.05) is 12.0 Å². The maximum absolute atomic E-state index is 14.0. The fourth-order valence-corrected chi connectivity index (χ4v) is 4.26. The van der Waals surface area contributed by atoms with Gasteiger partial charge in [-0.05, 0) is 54.1 Å². The summed E-state index contributed by atoms with van der Waals surface area (Å²) in [6.45, 7) is 0. The first kappa shape index (κ1) is 23.1. The van der Waals surface area contributed by atoms with E-state index >= 15 is 0 Å². The lowest BCUT2D eigenvalue weighted by Crippen LogP contribution is -2.29. The molecular formula is C24H15Cl3FNO4. The summed E-state index contributed by atoms with van der Waals surface area (Å²) in [6, 6.07) is 13.2. The van der Waals surface area contributed by atoms with Crippen LogP contribution in [0.2, 0.25) is 15.1 Å². The first-order valence-corrected chi connectivity index (χ1v) is 10.7. The molecule has 0 bridgehead atoms. The second-order valence-electron chi connectivity index (χ2n) is 7.17. The summed E-state index contributed by atoms with van der Waals surface area (Å²) >= 11 is 18.4. The molecule has 1 saturated heterocycles. The van der Waals surface area contributed by atoms with Crippen molar-refractivity contribution in [1.82, 2.24) is 0 Å². The summed E-state index contributed by atoms with van der Waals surface area (Å²) < 4.78 is 19.1. The zero-order valence-corrected chi connectivity index (χ0v) is 19.2. The minimum Gasteiger partial charge on any atom is -0.507 e. The summed E-state index contributed by atoms with van der Waals surface area (Å²) in [4.78, 5) is 27.3. The van der Waals surface area contributed by atoms with Gasteiger partial charge in [0.1, 0.15) is 17.3 Å². The van der Waals surface area contributed by atoms with E-state index < -0.39 is 29.3 Å². The second-order valence-corrected chi connectivity index (χ2v) is 8.39. The number of methoxy groups -OCH3 is 1. The minimum atomic E-state index is -1.09. The Bertz CT molecular complexity index is 1320. The van der Waals surface area contributed by atoms with Crippen LogP contribution in [-0.4, -0.2) is 23.9 Å². The fraction of sp³-hybridized carbons (Fsp3) is 0.0833. The fourth-order valence-electron chi connectivity index (χ4n) is 3.69. The third-order valence-electron chi connectivity index (χ3n) is 5.22. The monoisotopic (exact) mass is 505 g/mol. The number of Topliss-reactive ketones (excluding diaryl/α,β-unsaturated/α-hetero) is 1. The van der Waals surface area contributed by atoms with Gasteiger partial charge in [-0.1, -0.05) is 46.9 Å². The quantitative estimate of drug-likeness (QED) is 0.252. The Morgan fingerprint density at radius 2 is 1.73 bits per heavy atom. The molecule has 9 heteroatoms. The Morgan fingerprint density at radius 3 is 2.36 bits per heavy atom. The van der Waals surface area contributed by atoms with E-state index in [0.717, 1.165) is 11.0 Å². The smallest absolute Gasteiger partial charge is 0.300 e. The predicted molar refractivity (Wildman–Crippen MR) is 126 cm³/mol. The van der Waals surface area contributed by atoms with Crippen LogP contribution >= 0.6 is 34.8 Å². The number of ketones is 1. The maximum atomic E-state index is 14.0. The van der Waals surface area contributed by atoms with Gasteiger partial charge in [0.25, 0.3) is 11.7 Å². The lowest BCUT2D eigenvalue weighted by atomic mass is 9.95. The molecule has 33 heavy (non-hydrogen) atoms. The Hall–Kier alpha value is -3.06. The number of carbonyl (C=O) groups is 2. The van der Waals surface area contributed by atoms with E-state index in [4.69, 9.17) is 39.5 Å². The Labute approximate surface area is 203 Å². The Kier molecular flexibility index (Phi) is 6.34. The van der Waals surface area contributed by atoms with Crippen molar-refractivity contribution in [3.8, 4) is 5.75 Å². The van der Waals surface area contributed by atoms with Crippen molar-refractivity contribution >= 4 is 57.9 Å². The molecule has 0 aromatic heterocycles. The molecule has 1 N–H and O–H groups in total. The molecule has 4 rings (SSSR count). The summed E-state index contributed by atoms with van der Waals surface area (Å²) in [7, 11) is 1.44. The van der Waals surface area contributed by atoms with Crippen LogP contribution in [0.5, 0.6) is 5.75 Å². The topological polar surface area (TPSA) is 66.8 Å². The van der Waals surface area contributed by atoms with Crippen LogP contribution in [0.15, 0.2) is 66.2 Å². The molecule has 0 aliphatic carbocycles. The van der Waals surface area contributed by atoms with E-state index in [1.54, 1.807) is 6.07 Å². The van der Waals surface area contributed by atoms with E-state index in [1.165, 1.54) is 55.6 Å². The van der Waals surface area contributed by atoms with Crippen molar-refractivity contribution in [2.24, 2.45) is 0 Å². The number of ether oxygens (including phenoxy) is 1. The van der Waals surface area contributed by atoms with Crippen molar-refractivity contribution < 1.29 is 23.8 Å². The third kappa shape index (κ3) is 4.17. The van der Waals surface area contributed by atoms with E-state index in [2.05, 4.69) is 0 Å². The van der Waals surface area contributed by atoms with Crippen molar-refractivity contribution in [2.45, 2.75) is 6.04 Å². The number of nitrogens with zero attached hydrogens (tertiary/aromatic N) is 1. The minimum absolute atomic E-state index is 0.139. The number of benzene rings is 3. The van der Waals surface area contributed by atoms with Gasteiger partial charge >= 0.3 is 0 Å². The highest BCUT2D eigenvalue weighted by atomic mass is 35.5. The van der Waals surface area contributed by atoms with Crippen LogP contribution in [0.3, 0.4) is 0 Å². The van der Waals surface area contributed by atoms with Gasteiger partial charge in [-0.25, -0.2) is 4.39 Å². The standard InChI is InChI=1S/C24H15Cl3FNO4/c1-33-19-8-6-13(10-18(19)27)22(30)20-21(12-5-7-16(25)17(26)9-12)29(24(32)23(20)31)15-4-2-3-14(28)11-15/h2-11,21,30H,1H3/b22-20-. The SMILES string of the molecule is COc1ccc(/C(O)=C2/C(=O)C(=O)N(c3cccc(F)c3)C2c2ccc(Cl)c(Cl)c2)cc1Cl. The zero-order chi connectivity index (χ0) is 23.9. The molecule has 0 saturated carbocycles. The summed E-state index contributed by atoms with van der Waals surface area (Å²) in [5.41, 5.74) is 0.529. The molecule has 5 nitrogen and oxygen atoms in total. The van der Waals surface area contributed by atoms with Crippen LogP contribution < -0.4 is 9.64 Å². The average Bonchev–Trinajstić information content (AvgIpc) is 3.05. The van der Waals surface area contributed by atoms with Gasteiger partial charge in [0.05, 0.1) is 33.8 Å². The predicted octanol–water partition coefficient (Wildman–Crippen LogP) is 6.42. The molecule has 1 aliphatic heterocycles. The van der Waals surface area contributed by atoms with Gasteiger partial charge in [-0.3, -0.25) is 14.5 Å². The Balaban J connectivity index is 1.96. The van der Waals surface area contributed by atoms with Crippen LogP contribution in [0, 0.1) is 5.82 Å². The maximum Gasteiger partial charge on any atom is 0.300 e. The number of rotatable bonds is 4. The first-order chi connectivity index (χ1) is 15.7. The van der Waals surface area contributed by atoms with Crippen LogP contribution in [0.4, 0.5) is 10.1 Å². The van der Waals surface area contributed by atoms with E-state index in [0.29, 0.717) is 11.3 Å². The molecule has 1 atom stereocenters. The van der Waals surface area contributed by atoms with Crippen molar-refractivity contribution in [3.05, 3.63) is 98.2 Å². The molecule has 3 aromatic rings. The summed E-state index contributed by atoms with van der Waals surface area (Å²) in [5, 5.41) is 11.8. The molecule has 3 aromatic carbocycles. The van der Waals surface area contributed by atoms with Crippen LogP contribution in [-0.2, 0) is 9.59 Å². The zero-order valence-electron chi connectivity index (χ0n) is 17.0. The van der Waals surface area contributed by atoms with E-state index in [1.807, 2.05) is 0 Å². The van der Waals surface area contributed by atoms with E-state index in [9.17, 15) is 19.1 Å². The number of hydrogen-bond donors (Lipinski definition) is 1. The normalized spacial score (nSPS) is 17.5. The number of anilines is 1. The van der Waals surface area contributed by atoms with Gasteiger partial charge < -0.3 is 9.84 Å². The van der Waals surface area contributed by atoms with Gasteiger partial charge in [-0.2, -0.15) is 0 Å². The summed E-state index contributed by atoms with van der Waals surface area (Å²) in [5.74, 6) is -2.55. The molecule has 1 unspecified atom stereocenters. The Morgan fingerprint density at radius 1 is 0.970 bits per heavy atom. The molecular weight excluding hydrogens is 492 g/mol. The lowest BCUT2D eigenvalue weighted by Gasteiger charge is -2.25. The van der Waals surface area contributed by atoms with E-state index in [-0.39, 0.29) is 31.9 Å². The molecule has 168 valence electrons. The molecule has 1 heterocycles. The highest BCUT2D eigenvalue weighted by Gasteiger charge is 2.47. The average molecular weight is 507 g/mol. The number of amides is 1. The summed E-state index contributed by atoms with van der Waals surface area (Å²) in [6.07, 6.45) is 0. The van der Waals surface area contributed by atoms with Gasteiger partial charge in [0.15, 0.2) is 0 Å². The number of aliphatic hydroxyl groups is 1. The van der Waals surface area contributed by atoms with Crippen LogP contribution in [0.1, 0.15) is 17.2 Å². The first-order valence-electron chi connectivity index (χ1n) is 9.58. The molecule has 1 amide bonds. The van der Waals surface area contributed by atoms with Gasteiger partial charge in [0.2, 0.25) is 0 Å². The number of halogens is 4. The van der Waals surface area contributed by atoms with Crippen molar-refractivity contribution in [1.29, 1.82) is 0 Å². The van der Waals surface area contributed by atoms with Gasteiger partial charge in [0, 0.05) is 11.3 Å².